The van der Waals surface area contributed by atoms with Gasteiger partial charge in [0.05, 0.1) is 19.3 Å². The van der Waals surface area contributed by atoms with Crippen LogP contribution in [0.3, 0.4) is 0 Å². The Morgan fingerprint density at radius 2 is 1.91 bits per heavy atom. The molecule has 0 aromatic heterocycles. The van der Waals surface area contributed by atoms with Crippen molar-refractivity contribution in [3.05, 3.63) is 65.0 Å². The summed E-state index contributed by atoms with van der Waals surface area (Å²) >= 11 is 0. The monoisotopic (exact) mass is 447 g/mol. The number of hydrogen-bond donors (Lipinski definition) is 0. The minimum absolute atomic E-state index is 0.762. The molecule has 1 saturated heterocycles. The molecule has 33 heavy (non-hydrogen) atoms. The number of allylic oxidation sites excluding steroid dienone is 4. The highest BCUT2D eigenvalue weighted by atomic mass is 16.5. The molecule has 1 fully saturated rings. The molecular weight excluding hydrogens is 412 g/mol. The van der Waals surface area contributed by atoms with Gasteiger partial charge >= 0.3 is 5.78 Å². The lowest BCUT2D eigenvalue weighted by Gasteiger charge is -2.32. The zero-order chi connectivity index (χ0) is 22.6. The lowest BCUT2D eigenvalue weighted by atomic mass is 9.87. The second-order valence-corrected chi connectivity index (χ2v) is 9.16. The number of rotatable bonds is 6. The average Bonchev–Trinajstić information content (AvgIpc) is 3.35. The van der Waals surface area contributed by atoms with E-state index >= 15 is 0 Å². The van der Waals surface area contributed by atoms with E-state index < -0.39 is 0 Å². The molecule has 0 atom stereocenters. The summed E-state index contributed by atoms with van der Waals surface area (Å²) in [6.07, 6.45) is 14.6. The highest BCUT2D eigenvalue weighted by Crippen LogP contribution is 2.41. The van der Waals surface area contributed by atoms with E-state index in [4.69, 9.17) is 13.9 Å². The van der Waals surface area contributed by atoms with Crippen LogP contribution in [0.25, 0.3) is 11.3 Å². The fourth-order valence-corrected chi connectivity index (χ4v) is 5.36. The third-order valence-electron chi connectivity index (χ3n) is 7.09. The number of methoxy groups -OCH3 is 1. The van der Waals surface area contributed by atoms with Crippen LogP contribution in [0.2, 0.25) is 0 Å². The highest BCUT2D eigenvalue weighted by Gasteiger charge is 2.32. The van der Waals surface area contributed by atoms with Crippen molar-refractivity contribution in [2.24, 2.45) is 0 Å². The maximum absolute atomic E-state index is 6.21. The standard InChI is InChI=1S/C28H35N2O3/c1-31-21-10-12-28(32-2)25(18-21)26-20-30-16-6-8-27(30)24-19-22(9-11-23(24)26)33-17-7-15-29-13-4-3-5-14-29/h8-12,18-19H,3-7,13-17,20H2,1-2H3/q+1. The minimum Gasteiger partial charge on any atom is -0.497 e. The molecule has 0 N–H and O–H groups in total. The third kappa shape index (κ3) is 4.65. The topological polar surface area (TPSA) is 36.2 Å². The van der Waals surface area contributed by atoms with E-state index in [1.54, 1.807) is 14.2 Å². The molecule has 0 unspecified atom stereocenters. The maximum Gasteiger partial charge on any atom is 0.350 e. The normalized spacial score (nSPS) is 23.8. The molecule has 0 bridgehead atoms. The lowest BCUT2D eigenvalue weighted by Crippen LogP contribution is -2.31. The Labute approximate surface area is 197 Å². The Kier molecular flexibility index (Phi) is 6.68. The number of ketones is 1. The molecule has 0 spiro atoms. The molecule has 1 aliphatic carbocycles. The van der Waals surface area contributed by atoms with Crippen LogP contribution >= 0.6 is 0 Å². The van der Waals surface area contributed by atoms with Crippen molar-refractivity contribution >= 4 is 17.1 Å². The first-order chi connectivity index (χ1) is 16.3. The molecule has 3 aliphatic heterocycles. The van der Waals surface area contributed by atoms with E-state index in [-0.39, 0.29) is 0 Å². The van der Waals surface area contributed by atoms with Gasteiger partial charge in [-0.2, -0.15) is 0 Å². The summed E-state index contributed by atoms with van der Waals surface area (Å²) < 4.78 is 17.5. The van der Waals surface area contributed by atoms with Gasteiger partial charge in [0.15, 0.2) is 0 Å². The third-order valence-corrected chi connectivity index (χ3v) is 7.09. The second kappa shape index (κ2) is 10.0. The number of ether oxygens (including phenoxy) is 2. The van der Waals surface area contributed by atoms with Gasteiger partial charge in [0.2, 0.25) is 0 Å². The lowest BCUT2D eigenvalue weighted by molar-refractivity contribution is -0.418. The van der Waals surface area contributed by atoms with Crippen LogP contribution in [0.5, 0.6) is 5.75 Å². The van der Waals surface area contributed by atoms with Crippen molar-refractivity contribution in [1.82, 2.24) is 9.80 Å². The average molecular weight is 448 g/mol. The smallest absolute Gasteiger partial charge is 0.350 e. The van der Waals surface area contributed by atoms with Gasteiger partial charge in [0, 0.05) is 37.0 Å². The molecular formula is C28H35N2O3+. The van der Waals surface area contributed by atoms with Gasteiger partial charge in [-0.25, -0.2) is 0 Å². The van der Waals surface area contributed by atoms with E-state index in [0.717, 1.165) is 61.9 Å². The quantitative estimate of drug-likeness (QED) is 0.363. The van der Waals surface area contributed by atoms with E-state index in [1.807, 2.05) is 12.2 Å². The first kappa shape index (κ1) is 22.0. The van der Waals surface area contributed by atoms with Gasteiger partial charge in [-0.05, 0) is 74.2 Å². The molecule has 1 aromatic carbocycles. The first-order valence-corrected chi connectivity index (χ1v) is 12.3. The van der Waals surface area contributed by atoms with E-state index in [0.29, 0.717) is 0 Å². The number of piperidine rings is 1. The van der Waals surface area contributed by atoms with Crippen LogP contribution in [-0.4, -0.2) is 69.1 Å². The summed E-state index contributed by atoms with van der Waals surface area (Å²) in [5.41, 5.74) is 6.21. The van der Waals surface area contributed by atoms with Crippen LogP contribution in [0.4, 0.5) is 0 Å². The Hall–Kier alpha value is -2.79. The molecule has 174 valence electrons. The van der Waals surface area contributed by atoms with E-state index in [9.17, 15) is 0 Å². The first-order valence-electron chi connectivity index (χ1n) is 12.3. The van der Waals surface area contributed by atoms with Gasteiger partial charge in [-0.3, -0.25) is 4.42 Å². The van der Waals surface area contributed by atoms with Crippen molar-refractivity contribution in [3.63, 3.8) is 0 Å². The van der Waals surface area contributed by atoms with Crippen molar-refractivity contribution in [2.45, 2.75) is 32.1 Å². The summed E-state index contributed by atoms with van der Waals surface area (Å²) in [5, 5.41) is 0. The zero-order valence-electron chi connectivity index (χ0n) is 19.9. The summed E-state index contributed by atoms with van der Waals surface area (Å²) in [6, 6.07) is 6.57. The molecule has 5 nitrogen and oxygen atoms in total. The predicted molar refractivity (Wildman–Crippen MR) is 133 cm³/mol. The molecule has 1 aromatic rings. The second-order valence-electron chi connectivity index (χ2n) is 9.16. The van der Waals surface area contributed by atoms with Crippen LogP contribution < -0.4 is 4.74 Å². The zero-order valence-corrected chi connectivity index (χ0v) is 19.9. The number of fused-ring (bicyclic) bond motifs is 3. The Morgan fingerprint density at radius 3 is 2.73 bits per heavy atom. The summed E-state index contributed by atoms with van der Waals surface area (Å²) in [4.78, 5) is 5.04. The number of nitrogens with zero attached hydrogens (tertiary/aromatic N) is 2. The summed E-state index contributed by atoms with van der Waals surface area (Å²) in [7, 11) is 3.44. The largest absolute Gasteiger partial charge is 0.497 e. The molecule has 4 aliphatic rings. The van der Waals surface area contributed by atoms with Crippen molar-refractivity contribution in [3.8, 4) is 5.75 Å². The fraction of sp³-hybridized carbons (Fsp3) is 0.464. The van der Waals surface area contributed by atoms with Crippen LogP contribution in [0, 0.1) is 0 Å². The van der Waals surface area contributed by atoms with Crippen LogP contribution in [-0.2, 0) is 9.16 Å². The number of likely N-dealkylation sites (tertiary alicyclic amines) is 1. The van der Waals surface area contributed by atoms with Crippen LogP contribution in [0.1, 0.15) is 43.2 Å². The summed E-state index contributed by atoms with van der Waals surface area (Å²) in [5.74, 6) is 2.68. The molecule has 0 saturated carbocycles. The predicted octanol–water partition coefficient (Wildman–Crippen LogP) is 4.59. The van der Waals surface area contributed by atoms with Gasteiger partial charge in [-0.1, -0.05) is 18.6 Å². The molecule has 3 heterocycles. The Bertz CT molecular complexity index is 1040. The molecule has 5 heteroatoms. The highest BCUT2D eigenvalue weighted by molar-refractivity contribution is 6.14. The van der Waals surface area contributed by atoms with Crippen molar-refractivity contribution < 1.29 is 13.9 Å². The van der Waals surface area contributed by atoms with E-state index in [2.05, 4.69) is 40.2 Å². The van der Waals surface area contributed by atoms with Gasteiger partial charge < -0.3 is 19.3 Å². The summed E-state index contributed by atoms with van der Waals surface area (Å²) in [6.45, 7) is 6.31. The SMILES string of the molecule is COC1=CC(=C2CN3CCC=C3c3cc(OCCCN4CCCCC4)ccc32)C(=[O+]C)C=C1. The Balaban J connectivity index is 1.39. The molecule has 5 rings (SSSR count). The van der Waals surface area contributed by atoms with Gasteiger partial charge in [0.25, 0.3) is 7.11 Å². The maximum atomic E-state index is 6.21. The number of benzene rings is 1. The van der Waals surface area contributed by atoms with E-state index in [1.165, 1.54) is 54.7 Å². The van der Waals surface area contributed by atoms with Crippen molar-refractivity contribution in [1.29, 1.82) is 0 Å². The number of hydrogen-bond acceptors (Lipinski definition) is 4. The van der Waals surface area contributed by atoms with Crippen molar-refractivity contribution in [2.75, 3.05) is 53.6 Å². The Morgan fingerprint density at radius 1 is 1.03 bits per heavy atom. The van der Waals surface area contributed by atoms with Crippen LogP contribution in [0.15, 0.2) is 53.8 Å². The van der Waals surface area contributed by atoms with Gasteiger partial charge in [0.1, 0.15) is 11.5 Å². The number of carbonyl (C=O) groups excluding carboxylic acids is 1. The minimum atomic E-state index is 0.762. The fourth-order valence-electron chi connectivity index (χ4n) is 5.36. The molecule has 0 amide bonds. The van der Waals surface area contributed by atoms with Gasteiger partial charge in [-0.15, -0.1) is 0 Å². The molecule has 0 radical (unpaired) electrons.